The zero-order valence-corrected chi connectivity index (χ0v) is 11.7. The quantitative estimate of drug-likeness (QED) is 0.925. The molecular weight excluding hydrogens is 252 g/mol. The maximum atomic E-state index is 5.23. The predicted octanol–water partition coefficient (Wildman–Crippen LogP) is 1.91. The molecule has 106 valence electrons. The second kappa shape index (κ2) is 6.15. The van der Waals surface area contributed by atoms with Crippen LogP contribution in [0.3, 0.4) is 0 Å². The molecule has 1 aromatic heterocycles. The lowest BCUT2D eigenvalue weighted by atomic mass is 10.1. The lowest BCUT2D eigenvalue weighted by Crippen LogP contribution is -2.31. The highest BCUT2D eigenvalue weighted by molar-refractivity contribution is 5.19. The van der Waals surface area contributed by atoms with Crippen molar-refractivity contribution in [3.63, 3.8) is 0 Å². The van der Waals surface area contributed by atoms with E-state index in [4.69, 9.17) is 4.52 Å². The number of rotatable bonds is 3. The first-order chi connectivity index (χ1) is 9.81. The van der Waals surface area contributed by atoms with Gasteiger partial charge in [0.05, 0.1) is 6.54 Å². The molecule has 5 heteroatoms. The van der Waals surface area contributed by atoms with Gasteiger partial charge >= 0.3 is 0 Å². The Hall–Kier alpha value is -1.72. The normalized spacial score (nSPS) is 20.8. The first-order valence-electron chi connectivity index (χ1n) is 7.11. The van der Waals surface area contributed by atoms with E-state index in [0.717, 1.165) is 32.6 Å². The Bertz CT molecular complexity index is 540. The van der Waals surface area contributed by atoms with E-state index in [1.807, 2.05) is 6.92 Å². The van der Waals surface area contributed by atoms with Gasteiger partial charge in [0.1, 0.15) is 0 Å². The van der Waals surface area contributed by atoms with Crippen LogP contribution >= 0.6 is 0 Å². The van der Waals surface area contributed by atoms with E-state index in [1.165, 1.54) is 5.56 Å². The van der Waals surface area contributed by atoms with Crippen molar-refractivity contribution in [3.05, 3.63) is 47.6 Å². The second-order valence-corrected chi connectivity index (χ2v) is 5.24. The van der Waals surface area contributed by atoms with Gasteiger partial charge in [0.15, 0.2) is 5.82 Å². The first kappa shape index (κ1) is 13.3. The minimum atomic E-state index is 0.364. The Morgan fingerprint density at radius 2 is 2.20 bits per heavy atom. The maximum Gasteiger partial charge on any atom is 0.240 e. The number of aromatic nitrogens is 2. The molecule has 1 saturated heterocycles. The van der Waals surface area contributed by atoms with Gasteiger partial charge in [0.2, 0.25) is 5.89 Å². The first-order valence-corrected chi connectivity index (χ1v) is 7.11. The molecule has 5 nitrogen and oxygen atoms in total. The monoisotopic (exact) mass is 272 g/mol. The molecule has 0 amide bonds. The smallest absolute Gasteiger partial charge is 0.240 e. The third kappa shape index (κ3) is 3.23. The Labute approximate surface area is 119 Å². The number of aryl methyl sites for hydroxylation is 1. The van der Waals surface area contributed by atoms with E-state index in [1.54, 1.807) is 0 Å². The van der Waals surface area contributed by atoms with Gasteiger partial charge in [-0.05, 0) is 32.0 Å². The highest BCUT2D eigenvalue weighted by atomic mass is 16.5. The summed E-state index contributed by atoms with van der Waals surface area (Å²) >= 11 is 0. The van der Waals surface area contributed by atoms with Crippen LogP contribution in [0.2, 0.25) is 0 Å². The van der Waals surface area contributed by atoms with E-state index >= 15 is 0 Å². The van der Waals surface area contributed by atoms with Crippen molar-refractivity contribution < 1.29 is 4.52 Å². The summed E-state index contributed by atoms with van der Waals surface area (Å²) in [5, 5.41) is 7.46. The summed E-state index contributed by atoms with van der Waals surface area (Å²) in [6, 6.07) is 11.0. The molecule has 2 heterocycles. The summed E-state index contributed by atoms with van der Waals surface area (Å²) in [7, 11) is 0. The minimum absolute atomic E-state index is 0.364. The molecule has 1 N–H and O–H groups in total. The molecule has 0 saturated carbocycles. The minimum Gasteiger partial charge on any atom is -0.338 e. The largest absolute Gasteiger partial charge is 0.338 e. The van der Waals surface area contributed by atoms with E-state index in [2.05, 4.69) is 50.7 Å². The molecule has 1 atom stereocenters. The van der Waals surface area contributed by atoms with Crippen molar-refractivity contribution in [2.24, 2.45) is 0 Å². The summed E-state index contributed by atoms with van der Waals surface area (Å²) < 4.78 is 5.23. The van der Waals surface area contributed by atoms with Gasteiger partial charge < -0.3 is 9.84 Å². The molecular formula is C15H20N4O. The van der Waals surface area contributed by atoms with Gasteiger partial charge in [-0.2, -0.15) is 4.98 Å². The average molecular weight is 272 g/mol. The molecule has 3 rings (SSSR count). The number of nitrogens with one attached hydrogen (secondary N) is 1. The van der Waals surface area contributed by atoms with Crippen molar-refractivity contribution in [2.75, 3.05) is 19.6 Å². The Kier molecular flexibility index (Phi) is 4.08. The number of hydrogen-bond donors (Lipinski definition) is 1. The summed E-state index contributed by atoms with van der Waals surface area (Å²) in [5.74, 6) is 1.41. The van der Waals surface area contributed by atoms with Crippen molar-refractivity contribution in [2.45, 2.75) is 25.9 Å². The SMILES string of the molecule is Cc1noc(CN2CCCNC(c3ccccc3)C2)n1. The predicted molar refractivity (Wildman–Crippen MR) is 76.1 cm³/mol. The molecule has 0 bridgehead atoms. The van der Waals surface area contributed by atoms with Crippen molar-refractivity contribution in [1.29, 1.82) is 0 Å². The third-order valence-electron chi connectivity index (χ3n) is 3.61. The Morgan fingerprint density at radius 1 is 1.35 bits per heavy atom. The third-order valence-corrected chi connectivity index (χ3v) is 3.61. The molecule has 0 aliphatic carbocycles. The maximum absolute atomic E-state index is 5.23. The van der Waals surface area contributed by atoms with Crippen LogP contribution in [0.25, 0.3) is 0 Å². The average Bonchev–Trinajstić information content (AvgIpc) is 2.74. The zero-order chi connectivity index (χ0) is 13.8. The molecule has 1 aromatic carbocycles. The molecule has 2 aromatic rings. The summed E-state index contributed by atoms with van der Waals surface area (Å²) in [6.45, 7) is 5.64. The van der Waals surface area contributed by atoms with Crippen LogP contribution in [0.15, 0.2) is 34.9 Å². The van der Waals surface area contributed by atoms with Gasteiger partial charge in [-0.25, -0.2) is 0 Å². The van der Waals surface area contributed by atoms with Gasteiger partial charge in [-0.15, -0.1) is 0 Å². The fourth-order valence-electron chi connectivity index (χ4n) is 2.64. The zero-order valence-electron chi connectivity index (χ0n) is 11.7. The molecule has 1 unspecified atom stereocenters. The number of nitrogens with zero attached hydrogens (tertiary/aromatic N) is 3. The van der Waals surface area contributed by atoms with Gasteiger partial charge in [-0.1, -0.05) is 35.5 Å². The fraction of sp³-hybridized carbons (Fsp3) is 0.467. The molecule has 0 spiro atoms. The molecule has 1 aliphatic rings. The summed E-state index contributed by atoms with van der Waals surface area (Å²) in [5.41, 5.74) is 1.33. The highest BCUT2D eigenvalue weighted by Crippen LogP contribution is 2.18. The molecule has 1 aliphatic heterocycles. The standard InChI is InChI=1S/C15H20N4O/c1-12-17-15(20-18-12)11-19-9-5-8-16-14(10-19)13-6-3-2-4-7-13/h2-4,6-7,14,16H,5,8-11H2,1H3. The van der Waals surface area contributed by atoms with Crippen LogP contribution in [0.4, 0.5) is 0 Å². The van der Waals surface area contributed by atoms with Crippen molar-refractivity contribution in [3.8, 4) is 0 Å². The molecule has 0 radical (unpaired) electrons. The summed E-state index contributed by atoms with van der Waals surface area (Å²) in [6.07, 6.45) is 1.14. The molecule has 20 heavy (non-hydrogen) atoms. The lowest BCUT2D eigenvalue weighted by Gasteiger charge is -2.23. The Morgan fingerprint density at radius 3 is 2.95 bits per heavy atom. The molecule has 1 fully saturated rings. The fourth-order valence-corrected chi connectivity index (χ4v) is 2.64. The van der Waals surface area contributed by atoms with E-state index in [-0.39, 0.29) is 0 Å². The van der Waals surface area contributed by atoms with E-state index < -0.39 is 0 Å². The van der Waals surface area contributed by atoms with Crippen LogP contribution in [-0.2, 0) is 6.54 Å². The summed E-state index contributed by atoms with van der Waals surface area (Å²) in [4.78, 5) is 6.67. The number of hydrogen-bond acceptors (Lipinski definition) is 5. The van der Waals surface area contributed by atoms with Crippen LogP contribution in [0.1, 0.15) is 29.7 Å². The second-order valence-electron chi connectivity index (χ2n) is 5.24. The van der Waals surface area contributed by atoms with Crippen LogP contribution in [0.5, 0.6) is 0 Å². The van der Waals surface area contributed by atoms with Crippen LogP contribution in [0, 0.1) is 6.92 Å². The van der Waals surface area contributed by atoms with Gasteiger partial charge in [-0.3, -0.25) is 4.90 Å². The van der Waals surface area contributed by atoms with E-state index in [0.29, 0.717) is 17.8 Å². The number of benzene rings is 1. The Balaban J connectivity index is 1.69. The van der Waals surface area contributed by atoms with E-state index in [9.17, 15) is 0 Å². The highest BCUT2D eigenvalue weighted by Gasteiger charge is 2.20. The van der Waals surface area contributed by atoms with Crippen molar-refractivity contribution >= 4 is 0 Å². The van der Waals surface area contributed by atoms with Crippen molar-refractivity contribution in [1.82, 2.24) is 20.4 Å². The topological polar surface area (TPSA) is 54.2 Å². The van der Waals surface area contributed by atoms with Gasteiger partial charge in [0, 0.05) is 12.6 Å². The van der Waals surface area contributed by atoms with Gasteiger partial charge in [0.25, 0.3) is 0 Å². The van der Waals surface area contributed by atoms with Crippen LogP contribution in [-0.4, -0.2) is 34.7 Å². The lowest BCUT2D eigenvalue weighted by molar-refractivity contribution is 0.223. The van der Waals surface area contributed by atoms with Crippen LogP contribution < -0.4 is 5.32 Å².